The van der Waals surface area contributed by atoms with E-state index < -0.39 is 0 Å². The van der Waals surface area contributed by atoms with Crippen molar-refractivity contribution in [2.45, 2.75) is 39.7 Å². The molecule has 0 radical (unpaired) electrons. The maximum absolute atomic E-state index is 6.17. The first kappa shape index (κ1) is 13.5. The molecule has 2 nitrogen and oxygen atoms in total. The maximum atomic E-state index is 6.17. The molecule has 1 atom stereocenters. The van der Waals surface area contributed by atoms with E-state index in [1.165, 1.54) is 12.0 Å². The van der Waals surface area contributed by atoms with Gasteiger partial charge < -0.3 is 5.32 Å². The molecular weight excluding hydrogens is 220 g/mol. The van der Waals surface area contributed by atoms with Gasteiger partial charge in [0.2, 0.25) is 0 Å². The molecule has 1 aromatic rings. The number of nitrogens with one attached hydrogen (secondary N) is 1. The lowest BCUT2D eigenvalue weighted by molar-refractivity contribution is 0.448. The van der Waals surface area contributed by atoms with Crippen molar-refractivity contribution in [2.75, 3.05) is 6.54 Å². The summed E-state index contributed by atoms with van der Waals surface area (Å²) in [7, 11) is 0. The van der Waals surface area contributed by atoms with Crippen molar-refractivity contribution < 1.29 is 0 Å². The summed E-state index contributed by atoms with van der Waals surface area (Å²) in [6, 6.07) is 2.36. The van der Waals surface area contributed by atoms with Gasteiger partial charge in [0.25, 0.3) is 0 Å². The van der Waals surface area contributed by atoms with Gasteiger partial charge in [-0.05, 0) is 36.9 Å². The molecule has 0 spiro atoms. The largest absolute Gasteiger partial charge is 0.310 e. The Balaban J connectivity index is 2.73. The number of hydrogen-bond acceptors (Lipinski definition) is 2. The van der Waals surface area contributed by atoms with Gasteiger partial charge in [-0.2, -0.15) is 0 Å². The van der Waals surface area contributed by atoms with Gasteiger partial charge in [0.15, 0.2) is 0 Å². The van der Waals surface area contributed by atoms with E-state index in [9.17, 15) is 0 Å². The van der Waals surface area contributed by atoms with Gasteiger partial charge in [-0.3, -0.25) is 4.98 Å². The summed E-state index contributed by atoms with van der Waals surface area (Å²) in [5, 5.41) is 4.24. The van der Waals surface area contributed by atoms with E-state index in [1.807, 2.05) is 6.07 Å². The third-order valence-electron chi connectivity index (χ3n) is 2.66. The van der Waals surface area contributed by atoms with Gasteiger partial charge in [0, 0.05) is 18.4 Å². The van der Waals surface area contributed by atoms with Crippen molar-refractivity contribution in [1.29, 1.82) is 0 Å². The van der Waals surface area contributed by atoms with Crippen LogP contribution in [0.3, 0.4) is 0 Å². The topological polar surface area (TPSA) is 24.9 Å². The lowest BCUT2D eigenvalue weighted by atomic mass is 9.98. The van der Waals surface area contributed by atoms with Crippen LogP contribution in [0.15, 0.2) is 18.5 Å². The van der Waals surface area contributed by atoms with Crippen LogP contribution in [0, 0.1) is 5.92 Å². The Bertz CT molecular complexity index is 313. The molecule has 0 aliphatic carbocycles. The minimum absolute atomic E-state index is 0.350. The molecule has 0 fully saturated rings. The molecule has 16 heavy (non-hydrogen) atoms. The summed E-state index contributed by atoms with van der Waals surface area (Å²) in [6.07, 6.45) is 5.85. The maximum Gasteiger partial charge on any atom is 0.0637 e. The third-order valence-corrected chi connectivity index (χ3v) is 2.98. The van der Waals surface area contributed by atoms with Crippen molar-refractivity contribution in [3.8, 4) is 0 Å². The zero-order chi connectivity index (χ0) is 12.0. The fourth-order valence-electron chi connectivity index (χ4n) is 1.78. The Morgan fingerprint density at radius 1 is 1.38 bits per heavy atom. The minimum Gasteiger partial charge on any atom is -0.310 e. The molecule has 0 saturated heterocycles. The van der Waals surface area contributed by atoms with Crippen LogP contribution in [0.25, 0.3) is 0 Å². The normalized spacial score (nSPS) is 13.1. The average molecular weight is 241 g/mol. The van der Waals surface area contributed by atoms with Crippen molar-refractivity contribution in [1.82, 2.24) is 10.3 Å². The van der Waals surface area contributed by atoms with E-state index >= 15 is 0 Å². The summed E-state index contributed by atoms with van der Waals surface area (Å²) in [6.45, 7) is 7.58. The third kappa shape index (κ3) is 4.11. The fourth-order valence-corrected chi connectivity index (χ4v) is 2.03. The van der Waals surface area contributed by atoms with Crippen LogP contribution < -0.4 is 5.32 Å². The van der Waals surface area contributed by atoms with Crippen molar-refractivity contribution >= 4 is 11.6 Å². The van der Waals surface area contributed by atoms with E-state index in [-0.39, 0.29) is 0 Å². The Labute approximate surface area is 103 Å². The number of hydrogen-bond donors (Lipinski definition) is 1. The molecule has 3 heteroatoms. The number of nitrogens with zero attached hydrogens (tertiary/aromatic N) is 1. The van der Waals surface area contributed by atoms with E-state index in [0.717, 1.165) is 23.9 Å². The molecule has 90 valence electrons. The molecule has 0 aliphatic heterocycles. The smallest absolute Gasteiger partial charge is 0.0637 e. The predicted octanol–water partition coefficient (Wildman–Crippen LogP) is 3.82. The Morgan fingerprint density at radius 3 is 2.69 bits per heavy atom. The lowest BCUT2D eigenvalue weighted by Crippen LogP contribution is -2.21. The molecule has 0 bridgehead atoms. The van der Waals surface area contributed by atoms with Crippen molar-refractivity contribution in [3.05, 3.63) is 29.0 Å². The number of pyridine rings is 1. The Hall–Kier alpha value is -0.600. The quantitative estimate of drug-likeness (QED) is 0.818. The molecule has 1 unspecified atom stereocenters. The molecule has 0 aliphatic rings. The predicted molar refractivity (Wildman–Crippen MR) is 69.7 cm³/mol. The summed E-state index contributed by atoms with van der Waals surface area (Å²) in [4.78, 5) is 4.02. The van der Waals surface area contributed by atoms with Gasteiger partial charge in [-0.1, -0.05) is 32.4 Å². The number of halogens is 1. The second kappa shape index (κ2) is 6.87. The highest BCUT2D eigenvalue weighted by Gasteiger charge is 2.13. The van der Waals surface area contributed by atoms with E-state index in [2.05, 4.69) is 31.1 Å². The van der Waals surface area contributed by atoms with Crippen LogP contribution in [-0.2, 0) is 0 Å². The van der Waals surface area contributed by atoms with Gasteiger partial charge in [-0.15, -0.1) is 0 Å². The van der Waals surface area contributed by atoms with Crippen LogP contribution >= 0.6 is 11.6 Å². The van der Waals surface area contributed by atoms with Crippen LogP contribution in [0.1, 0.15) is 45.2 Å². The van der Waals surface area contributed by atoms with Crippen LogP contribution in [0.4, 0.5) is 0 Å². The highest BCUT2D eigenvalue weighted by molar-refractivity contribution is 6.31. The van der Waals surface area contributed by atoms with Crippen LogP contribution in [0.5, 0.6) is 0 Å². The minimum atomic E-state index is 0.350. The first-order valence-electron chi connectivity index (χ1n) is 5.98. The SMILES string of the molecule is CCNC(CCC(C)C)c1ccncc1Cl. The summed E-state index contributed by atoms with van der Waals surface area (Å²) in [5.74, 6) is 0.724. The highest BCUT2D eigenvalue weighted by Crippen LogP contribution is 2.26. The standard InChI is InChI=1S/C13H21ClN2/c1-4-16-13(6-5-10(2)3)11-7-8-15-9-12(11)14/h7-10,13,16H,4-6H2,1-3H3. The summed E-state index contributed by atoms with van der Waals surface area (Å²) >= 11 is 6.17. The lowest BCUT2D eigenvalue weighted by Gasteiger charge is -2.20. The second-order valence-electron chi connectivity index (χ2n) is 4.48. The monoisotopic (exact) mass is 240 g/mol. The molecular formula is C13H21ClN2. The zero-order valence-corrected chi connectivity index (χ0v) is 11.1. The van der Waals surface area contributed by atoms with Gasteiger partial charge in [0.05, 0.1) is 5.02 Å². The molecule has 1 rings (SSSR count). The molecule has 0 aromatic carbocycles. The van der Waals surface area contributed by atoms with Gasteiger partial charge in [-0.25, -0.2) is 0 Å². The molecule has 0 amide bonds. The second-order valence-corrected chi connectivity index (χ2v) is 4.89. The first-order valence-corrected chi connectivity index (χ1v) is 6.35. The van der Waals surface area contributed by atoms with Crippen molar-refractivity contribution in [2.24, 2.45) is 5.92 Å². The highest BCUT2D eigenvalue weighted by atomic mass is 35.5. The van der Waals surface area contributed by atoms with Gasteiger partial charge in [0.1, 0.15) is 0 Å². The fraction of sp³-hybridized carbons (Fsp3) is 0.615. The van der Waals surface area contributed by atoms with Crippen LogP contribution in [-0.4, -0.2) is 11.5 Å². The zero-order valence-electron chi connectivity index (χ0n) is 10.3. The summed E-state index contributed by atoms with van der Waals surface area (Å²) in [5.41, 5.74) is 1.17. The first-order chi connectivity index (χ1) is 7.65. The van der Waals surface area contributed by atoms with E-state index in [4.69, 9.17) is 11.6 Å². The molecule has 1 N–H and O–H groups in total. The Morgan fingerprint density at radius 2 is 2.12 bits per heavy atom. The summed E-state index contributed by atoms with van der Waals surface area (Å²) < 4.78 is 0. The number of aromatic nitrogens is 1. The average Bonchev–Trinajstić information content (AvgIpc) is 2.25. The molecule has 1 heterocycles. The van der Waals surface area contributed by atoms with E-state index in [1.54, 1.807) is 12.4 Å². The van der Waals surface area contributed by atoms with Crippen LogP contribution in [0.2, 0.25) is 5.02 Å². The Kier molecular flexibility index (Phi) is 5.78. The van der Waals surface area contributed by atoms with Crippen molar-refractivity contribution in [3.63, 3.8) is 0 Å². The molecule has 0 saturated carbocycles. The van der Waals surface area contributed by atoms with Gasteiger partial charge >= 0.3 is 0 Å². The number of rotatable bonds is 6. The molecule has 1 aromatic heterocycles. The van der Waals surface area contributed by atoms with E-state index in [0.29, 0.717) is 6.04 Å².